The standard InChI is InChI=1S/C9H18.C8H16/c1-6-8(2)7-9(3,4)5;1-3-5-7-8-6-4-2/h6,8H,1,7H2,2-5H3;3H,1,4-8H2,2H3. The molecule has 0 aromatic carbocycles. The van der Waals surface area contributed by atoms with Gasteiger partial charge in [0.05, 0.1) is 0 Å². The Morgan fingerprint density at radius 1 is 1.06 bits per heavy atom. The Labute approximate surface area is 110 Å². The molecule has 0 rings (SSSR count). The Bertz CT molecular complexity index is 171. The average Bonchev–Trinajstić information content (AvgIpc) is 2.23. The number of allylic oxidation sites excluding steroid dienone is 2. The van der Waals surface area contributed by atoms with Crippen molar-refractivity contribution < 1.29 is 0 Å². The Hall–Kier alpha value is -0.520. The average molecular weight is 238 g/mol. The van der Waals surface area contributed by atoms with Crippen molar-refractivity contribution in [2.45, 2.75) is 73.1 Å². The SMILES string of the molecule is C=CC(C)CC(C)(C)C.C=CCCCCCC. The molecule has 17 heavy (non-hydrogen) atoms. The van der Waals surface area contributed by atoms with Crippen LogP contribution in [0, 0.1) is 11.3 Å². The van der Waals surface area contributed by atoms with Crippen molar-refractivity contribution in [3.63, 3.8) is 0 Å². The maximum absolute atomic E-state index is 3.74. The van der Waals surface area contributed by atoms with E-state index in [0.717, 1.165) is 0 Å². The Balaban J connectivity index is 0. The molecule has 102 valence electrons. The first-order valence-corrected chi connectivity index (χ1v) is 7.10. The summed E-state index contributed by atoms with van der Waals surface area (Å²) >= 11 is 0. The molecule has 0 heterocycles. The maximum atomic E-state index is 3.74. The van der Waals surface area contributed by atoms with Crippen LogP contribution in [0.4, 0.5) is 0 Å². The molecule has 0 spiro atoms. The minimum Gasteiger partial charge on any atom is -0.103 e. The molecule has 0 heteroatoms. The van der Waals surface area contributed by atoms with Gasteiger partial charge in [-0.15, -0.1) is 13.2 Å². The molecule has 0 radical (unpaired) electrons. The van der Waals surface area contributed by atoms with Crippen molar-refractivity contribution in [3.8, 4) is 0 Å². The van der Waals surface area contributed by atoms with Gasteiger partial charge in [0.15, 0.2) is 0 Å². The Morgan fingerprint density at radius 3 is 1.94 bits per heavy atom. The third kappa shape index (κ3) is 21.3. The van der Waals surface area contributed by atoms with Crippen LogP contribution < -0.4 is 0 Å². The highest BCUT2D eigenvalue weighted by Gasteiger charge is 2.12. The van der Waals surface area contributed by atoms with Crippen LogP contribution in [0.3, 0.4) is 0 Å². The second kappa shape index (κ2) is 12.0. The summed E-state index contributed by atoms with van der Waals surface area (Å²) in [6, 6.07) is 0. The molecule has 0 nitrogen and oxygen atoms in total. The lowest BCUT2D eigenvalue weighted by molar-refractivity contribution is 0.337. The minimum absolute atomic E-state index is 0.452. The highest BCUT2D eigenvalue weighted by molar-refractivity contribution is 4.79. The Kier molecular flexibility index (Phi) is 13.2. The van der Waals surface area contributed by atoms with E-state index in [0.29, 0.717) is 11.3 Å². The van der Waals surface area contributed by atoms with Crippen molar-refractivity contribution in [2.24, 2.45) is 11.3 Å². The molecule has 0 aromatic rings. The highest BCUT2D eigenvalue weighted by Crippen LogP contribution is 2.24. The summed E-state index contributed by atoms with van der Waals surface area (Å²) in [7, 11) is 0. The van der Waals surface area contributed by atoms with Crippen LogP contribution in [-0.2, 0) is 0 Å². The predicted octanol–water partition coefficient (Wildman–Crippen LogP) is 6.39. The van der Waals surface area contributed by atoms with E-state index in [4.69, 9.17) is 0 Å². The lowest BCUT2D eigenvalue weighted by Gasteiger charge is -2.20. The van der Waals surface area contributed by atoms with Gasteiger partial charge in [-0.25, -0.2) is 0 Å². The molecule has 0 amide bonds. The van der Waals surface area contributed by atoms with Crippen LogP contribution in [0.1, 0.15) is 73.1 Å². The molecule has 0 aromatic heterocycles. The van der Waals surface area contributed by atoms with Crippen molar-refractivity contribution in [1.82, 2.24) is 0 Å². The molecule has 0 N–H and O–H groups in total. The first-order chi connectivity index (χ1) is 7.87. The van der Waals surface area contributed by atoms with Gasteiger partial charge in [-0.3, -0.25) is 0 Å². The van der Waals surface area contributed by atoms with Crippen LogP contribution in [-0.4, -0.2) is 0 Å². The van der Waals surface area contributed by atoms with E-state index in [1.807, 2.05) is 12.2 Å². The monoisotopic (exact) mass is 238 g/mol. The van der Waals surface area contributed by atoms with Crippen molar-refractivity contribution in [2.75, 3.05) is 0 Å². The first kappa shape index (κ1) is 18.8. The summed E-state index contributed by atoms with van der Waals surface area (Å²) in [4.78, 5) is 0. The van der Waals surface area contributed by atoms with Gasteiger partial charge >= 0.3 is 0 Å². The fourth-order valence-electron chi connectivity index (χ4n) is 1.76. The quantitative estimate of drug-likeness (QED) is 0.356. The lowest BCUT2D eigenvalue weighted by atomic mass is 9.86. The number of rotatable bonds is 7. The smallest absolute Gasteiger partial charge is 0.0260 e. The van der Waals surface area contributed by atoms with Gasteiger partial charge in [-0.1, -0.05) is 66.0 Å². The molecule has 0 aliphatic rings. The molecule has 0 aliphatic carbocycles. The molecule has 1 unspecified atom stereocenters. The first-order valence-electron chi connectivity index (χ1n) is 7.10. The van der Waals surface area contributed by atoms with Gasteiger partial charge in [-0.05, 0) is 30.6 Å². The second-order valence-corrected chi connectivity index (χ2v) is 6.12. The molecule has 0 aliphatic heterocycles. The van der Waals surface area contributed by atoms with Crippen LogP contribution in [0.25, 0.3) is 0 Å². The topological polar surface area (TPSA) is 0 Å². The van der Waals surface area contributed by atoms with Crippen molar-refractivity contribution >= 4 is 0 Å². The van der Waals surface area contributed by atoms with E-state index < -0.39 is 0 Å². The summed E-state index contributed by atoms with van der Waals surface area (Å²) in [5.41, 5.74) is 0.452. The number of hydrogen-bond donors (Lipinski definition) is 0. The summed E-state index contributed by atoms with van der Waals surface area (Å²) < 4.78 is 0. The predicted molar refractivity (Wildman–Crippen MR) is 82.4 cm³/mol. The summed E-state index contributed by atoms with van der Waals surface area (Å²) in [6.45, 7) is 18.6. The molecule has 0 saturated heterocycles. The molecular formula is C17H34. The van der Waals surface area contributed by atoms with Crippen molar-refractivity contribution in [3.05, 3.63) is 25.3 Å². The van der Waals surface area contributed by atoms with Crippen LogP contribution in [0.5, 0.6) is 0 Å². The van der Waals surface area contributed by atoms with Gasteiger partial charge in [0.1, 0.15) is 0 Å². The van der Waals surface area contributed by atoms with E-state index in [9.17, 15) is 0 Å². The number of hydrogen-bond acceptors (Lipinski definition) is 0. The van der Waals surface area contributed by atoms with Gasteiger partial charge in [0.2, 0.25) is 0 Å². The zero-order chi connectivity index (χ0) is 13.7. The van der Waals surface area contributed by atoms with E-state index in [2.05, 4.69) is 47.8 Å². The van der Waals surface area contributed by atoms with Crippen LogP contribution >= 0.6 is 0 Å². The molecule has 1 atom stereocenters. The molecule has 0 bridgehead atoms. The van der Waals surface area contributed by atoms with Crippen LogP contribution in [0.2, 0.25) is 0 Å². The fourth-order valence-corrected chi connectivity index (χ4v) is 1.76. The van der Waals surface area contributed by atoms with Gasteiger partial charge < -0.3 is 0 Å². The van der Waals surface area contributed by atoms with Gasteiger partial charge in [0.25, 0.3) is 0 Å². The van der Waals surface area contributed by atoms with E-state index >= 15 is 0 Å². The lowest BCUT2D eigenvalue weighted by Crippen LogP contribution is -2.08. The normalized spacial score (nSPS) is 12.3. The third-order valence-corrected chi connectivity index (χ3v) is 2.60. The zero-order valence-electron chi connectivity index (χ0n) is 12.9. The van der Waals surface area contributed by atoms with E-state index in [1.54, 1.807) is 0 Å². The van der Waals surface area contributed by atoms with Gasteiger partial charge in [0, 0.05) is 0 Å². The van der Waals surface area contributed by atoms with Crippen molar-refractivity contribution in [1.29, 1.82) is 0 Å². The summed E-state index contributed by atoms with van der Waals surface area (Å²) in [5.74, 6) is 0.657. The van der Waals surface area contributed by atoms with Crippen LogP contribution in [0.15, 0.2) is 25.3 Å². The fraction of sp³-hybridized carbons (Fsp3) is 0.765. The molecule has 0 fully saturated rings. The third-order valence-electron chi connectivity index (χ3n) is 2.60. The van der Waals surface area contributed by atoms with E-state index in [1.165, 1.54) is 38.5 Å². The maximum Gasteiger partial charge on any atom is -0.0260 e. The zero-order valence-corrected chi connectivity index (χ0v) is 12.9. The highest BCUT2D eigenvalue weighted by atomic mass is 14.2. The summed E-state index contributed by atoms with van der Waals surface area (Å²) in [5, 5.41) is 0. The number of unbranched alkanes of at least 4 members (excludes halogenated alkanes) is 4. The van der Waals surface area contributed by atoms with E-state index in [-0.39, 0.29) is 0 Å². The molecular weight excluding hydrogens is 204 g/mol. The van der Waals surface area contributed by atoms with Gasteiger partial charge in [-0.2, -0.15) is 0 Å². The summed E-state index contributed by atoms with van der Waals surface area (Å²) in [6.07, 6.45) is 11.9. The molecule has 0 saturated carbocycles. The largest absolute Gasteiger partial charge is 0.103 e. The second-order valence-electron chi connectivity index (χ2n) is 6.12. The minimum atomic E-state index is 0.452. The Morgan fingerprint density at radius 2 is 1.65 bits per heavy atom.